The third-order valence-electron chi connectivity index (χ3n) is 2.07. The van der Waals surface area contributed by atoms with E-state index in [2.05, 4.69) is 10.6 Å². The fraction of sp³-hybridized carbons (Fsp3) is 0.385. The number of rotatable bonds is 4. The average molecular weight is 250 g/mol. The first kappa shape index (κ1) is 14.0. The number of carbonyl (C=O) groups excluding carboxylic acids is 2. The van der Waals surface area contributed by atoms with Crippen molar-refractivity contribution in [2.45, 2.75) is 26.8 Å². The fourth-order valence-corrected chi connectivity index (χ4v) is 1.24. The molecule has 0 unspecified atom stereocenters. The number of carbonyl (C=O) groups is 2. The van der Waals surface area contributed by atoms with Crippen molar-refractivity contribution in [1.29, 1.82) is 0 Å². The molecule has 0 aliphatic carbocycles. The van der Waals surface area contributed by atoms with Gasteiger partial charge in [0.1, 0.15) is 12.3 Å². The van der Waals surface area contributed by atoms with Crippen LogP contribution in [-0.2, 0) is 4.79 Å². The molecule has 18 heavy (non-hydrogen) atoms. The van der Waals surface area contributed by atoms with Crippen LogP contribution in [0, 0.1) is 6.92 Å². The summed E-state index contributed by atoms with van der Waals surface area (Å²) in [5.41, 5.74) is 1.09. The number of esters is 1. The van der Waals surface area contributed by atoms with Crippen molar-refractivity contribution in [3.05, 3.63) is 29.8 Å². The number of urea groups is 1. The molecule has 0 saturated heterocycles. The molecular weight excluding hydrogens is 232 g/mol. The van der Waals surface area contributed by atoms with Crippen LogP contribution >= 0.6 is 0 Å². The Morgan fingerprint density at radius 2 is 1.83 bits per heavy atom. The third kappa shape index (κ3) is 5.34. The minimum atomic E-state index is -0.502. The number of nitrogens with one attached hydrogen (secondary N) is 2. The molecule has 0 spiro atoms. The molecule has 0 radical (unpaired) electrons. The Bertz CT molecular complexity index is 413. The molecule has 0 aromatic heterocycles. The summed E-state index contributed by atoms with van der Waals surface area (Å²) in [6, 6.07) is 6.76. The van der Waals surface area contributed by atoms with E-state index in [9.17, 15) is 9.59 Å². The molecule has 5 nitrogen and oxygen atoms in total. The lowest BCUT2D eigenvalue weighted by molar-refractivity contribution is -0.133. The molecule has 5 heteroatoms. The van der Waals surface area contributed by atoms with E-state index < -0.39 is 5.97 Å². The van der Waals surface area contributed by atoms with Crippen molar-refractivity contribution in [2.24, 2.45) is 0 Å². The average Bonchev–Trinajstić information content (AvgIpc) is 2.29. The van der Waals surface area contributed by atoms with Crippen molar-refractivity contribution in [2.75, 3.05) is 6.54 Å². The summed E-state index contributed by atoms with van der Waals surface area (Å²) in [7, 11) is 0. The van der Waals surface area contributed by atoms with Crippen LogP contribution in [0.15, 0.2) is 24.3 Å². The second-order valence-corrected chi connectivity index (χ2v) is 4.27. The van der Waals surface area contributed by atoms with Gasteiger partial charge in [-0.3, -0.25) is 0 Å². The predicted molar refractivity (Wildman–Crippen MR) is 68.5 cm³/mol. The number of benzene rings is 1. The normalized spacial score (nSPS) is 10.0. The van der Waals surface area contributed by atoms with Gasteiger partial charge in [0.2, 0.25) is 0 Å². The Kier molecular flexibility index (Phi) is 5.17. The molecule has 0 heterocycles. The third-order valence-corrected chi connectivity index (χ3v) is 2.07. The quantitative estimate of drug-likeness (QED) is 0.630. The highest BCUT2D eigenvalue weighted by Gasteiger charge is 2.08. The van der Waals surface area contributed by atoms with E-state index >= 15 is 0 Å². The first-order valence-electron chi connectivity index (χ1n) is 5.79. The molecule has 2 amide bonds. The summed E-state index contributed by atoms with van der Waals surface area (Å²) in [4.78, 5) is 22.6. The maximum atomic E-state index is 11.4. The Balaban J connectivity index is 2.34. The Morgan fingerprint density at radius 1 is 1.22 bits per heavy atom. The standard InChI is InChI=1S/C13H18N2O3/c1-9(2)15-13(17)14-8-12(16)18-11-6-4-10(3)5-7-11/h4-7,9H,8H2,1-3H3,(H2,14,15,17). The van der Waals surface area contributed by atoms with Gasteiger partial charge < -0.3 is 15.4 Å². The van der Waals surface area contributed by atoms with Crippen molar-refractivity contribution in [3.63, 3.8) is 0 Å². The minimum Gasteiger partial charge on any atom is -0.425 e. The van der Waals surface area contributed by atoms with Crippen LogP contribution in [0.3, 0.4) is 0 Å². The molecular formula is C13H18N2O3. The number of hydrogen-bond acceptors (Lipinski definition) is 3. The highest BCUT2D eigenvalue weighted by atomic mass is 16.5. The van der Waals surface area contributed by atoms with Crippen LogP contribution in [0.2, 0.25) is 0 Å². The van der Waals surface area contributed by atoms with Crippen molar-refractivity contribution in [3.8, 4) is 5.75 Å². The Hall–Kier alpha value is -2.04. The topological polar surface area (TPSA) is 67.4 Å². The second-order valence-electron chi connectivity index (χ2n) is 4.27. The van der Waals surface area contributed by atoms with E-state index in [-0.39, 0.29) is 18.6 Å². The zero-order valence-corrected chi connectivity index (χ0v) is 10.8. The molecule has 0 aliphatic rings. The van der Waals surface area contributed by atoms with E-state index in [0.29, 0.717) is 5.75 Å². The van der Waals surface area contributed by atoms with Gasteiger partial charge >= 0.3 is 12.0 Å². The monoisotopic (exact) mass is 250 g/mol. The number of amides is 2. The minimum absolute atomic E-state index is 0.0260. The van der Waals surface area contributed by atoms with E-state index in [1.54, 1.807) is 12.1 Å². The van der Waals surface area contributed by atoms with Crippen molar-refractivity contribution >= 4 is 12.0 Å². The van der Waals surface area contributed by atoms with Gasteiger partial charge in [-0.2, -0.15) is 0 Å². The van der Waals surface area contributed by atoms with E-state index in [1.165, 1.54) is 0 Å². The van der Waals surface area contributed by atoms with Crippen molar-refractivity contribution < 1.29 is 14.3 Å². The lowest BCUT2D eigenvalue weighted by Crippen LogP contribution is -2.42. The molecule has 0 fully saturated rings. The summed E-state index contributed by atoms with van der Waals surface area (Å²) < 4.78 is 5.04. The van der Waals surface area contributed by atoms with Gasteiger partial charge in [0, 0.05) is 6.04 Å². The van der Waals surface area contributed by atoms with E-state index in [4.69, 9.17) is 4.74 Å². The zero-order valence-electron chi connectivity index (χ0n) is 10.8. The van der Waals surface area contributed by atoms with Gasteiger partial charge in [0.25, 0.3) is 0 Å². The first-order valence-corrected chi connectivity index (χ1v) is 5.79. The van der Waals surface area contributed by atoms with Crippen LogP contribution in [0.1, 0.15) is 19.4 Å². The molecule has 1 aromatic carbocycles. The van der Waals surface area contributed by atoms with Gasteiger partial charge in [0.15, 0.2) is 0 Å². The van der Waals surface area contributed by atoms with Gasteiger partial charge in [-0.25, -0.2) is 9.59 Å². The molecule has 2 N–H and O–H groups in total. The molecule has 0 atom stereocenters. The molecule has 1 rings (SSSR count). The van der Waals surface area contributed by atoms with Gasteiger partial charge in [-0.15, -0.1) is 0 Å². The molecule has 0 saturated carbocycles. The maximum absolute atomic E-state index is 11.4. The number of hydrogen-bond donors (Lipinski definition) is 2. The Labute approximate surface area is 107 Å². The summed E-state index contributed by atoms with van der Waals surface area (Å²) in [6.45, 7) is 5.46. The van der Waals surface area contributed by atoms with Crippen LogP contribution in [0.4, 0.5) is 4.79 Å². The van der Waals surface area contributed by atoms with Crippen LogP contribution in [0.25, 0.3) is 0 Å². The first-order chi connectivity index (χ1) is 8.47. The second kappa shape index (κ2) is 6.64. The SMILES string of the molecule is Cc1ccc(OC(=O)CNC(=O)NC(C)C)cc1. The lowest BCUT2D eigenvalue weighted by Gasteiger charge is -2.09. The fourth-order valence-electron chi connectivity index (χ4n) is 1.24. The van der Waals surface area contributed by atoms with Crippen LogP contribution in [-0.4, -0.2) is 24.6 Å². The van der Waals surface area contributed by atoms with Gasteiger partial charge in [-0.1, -0.05) is 17.7 Å². The summed E-state index contributed by atoms with van der Waals surface area (Å²) in [5, 5.41) is 5.03. The lowest BCUT2D eigenvalue weighted by atomic mass is 10.2. The highest BCUT2D eigenvalue weighted by Crippen LogP contribution is 2.11. The summed E-state index contributed by atoms with van der Waals surface area (Å²) in [5.74, 6) is -0.0329. The van der Waals surface area contributed by atoms with Gasteiger partial charge in [0.05, 0.1) is 0 Å². The Morgan fingerprint density at radius 3 is 2.39 bits per heavy atom. The van der Waals surface area contributed by atoms with Crippen LogP contribution in [0.5, 0.6) is 5.75 Å². The van der Waals surface area contributed by atoms with E-state index in [0.717, 1.165) is 5.56 Å². The highest BCUT2D eigenvalue weighted by molar-refractivity contribution is 5.81. The molecule has 0 bridgehead atoms. The van der Waals surface area contributed by atoms with Crippen molar-refractivity contribution in [1.82, 2.24) is 10.6 Å². The number of ether oxygens (including phenoxy) is 1. The zero-order chi connectivity index (χ0) is 13.5. The summed E-state index contributed by atoms with van der Waals surface area (Å²) >= 11 is 0. The summed E-state index contributed by atoms with van der Waals surface area (Å²) in [6.07, 6.45) is 0. The predicted octanol–water partition coefficient (Wildman–Crippen LogP) is 1.61. The van der Waals surface area contributed by atoms with Crippen LogP contribution < -0.4 is 15.4 Å². The molecule has 1 aromatic rings. The number of aryl methyl sites for hydroxylation is 1. The maximum Gasteiger partial charge on any atom is 0.330 e. The smallest absolute Gasteiger partial charge is 0.330 e. The van der Waals surface area contributed by atoms with Gasteiger partial charge in [-0.05, 0) is 32.9 Å². The van der Waals surface area contributed by atoms with E-state index in [1.807, 2.05) is 32.9 Å². The molecule has 0 aliphatic heterocycles. The largest absolute Gasteiger partial charge is 0.425 e. The molecule has 98 valence electrons.